The molecule has 0 radical (unpaired) electrons. The molecule has 0 spiro atoms. The van der Waals surface area contributed by atoms with Crippen LogP contribution < -0.4 is 5.32 Å². The monoisotopic (exact) mass is 348 g/mol. The maximum Gasteiger partial charge on any atom is 0.130 e. The van der Waals surface area contributed by atoms with Crippen LogP contribution in [0.2, 0.25) is 0 Å². The summed E-state index contributed by atoms with van der Waals surface area (Å²) in [5.41, 5.74) is 1.32. The van der Waals surface area contributed by atoms with E-state index in [1.54, 1.807) is 6.33 Å². The highest BCUT2D eigenvalue weighted by Crippen LogP contribution is 2.21. The van der Waals surface area contributed by atoms with Crippen LogP contribution in [0.5, 0.6) is 0 Å². The van der Waals surface area contributed by atoms with Crippen LogP contribution in [0.4, 0.5) is 5.82 Å². The van der Waals surface area contributed by atoms with Gasteiger partial charge in [-0.15, -0.1) is 0 Å². The largest absolute Gasteiger partial charge is 0.368 e. The third kappa shape index (κ3) is 4.51. The predicted octanol–water partition coefficient (Wildman–Crippen LogP) is 3.73. The first-order valence-corrected chi connectivity index (χ1v) is 8.04. The summed E-state index contributed by atoms with van der Waals surface area (Å²) in [6.07, 6.45) is 1.56. The molecule has 1 aromatic carbocycles. The van der Waals surface area contributed by atoms with Gasteiger partial charge in [-0.2, -0.15) is 0 Å². The second-order valence-corrected chi connectivity index (χ2v) is 5.57. The molecule has 0 saturated heterocycles. The van der Waals surface area contributed by atoms with Crippen molar-refractivity contribution < 1.29 is 0 Å². The van der Waals surface area contributed by atoms with E-state index in [1.165, 1.54) is 5.56 Å². The zero-order valence-corrected chi connectivity index (χ0v) is 14.0. The van der Waals surface area contributed by atoms with E-state index in [0.29, 0.717) is 6.04 Å². The van der Waals surface area contributed by atoms with Crippen LogP contribution in [0.25, 0.3) is 0 Å². The molecule has 2 rings (SSSR count). The molecule has 0 aliphatic carbocycles. The number of rotatable bonds is 7. The average molecular weight is 349 g/mol. The molecule has 0 aliphatic rings. The topological polar surface area (TPSA) is 41.0 Å². The quantitative estimate of drug-likeness (QED) is 0.774. The van der Waals surface area contributed by atoms with Gasteiger partial charge >= 0.3 is 0 Å². The average Bonchev–Trinajstić information content (AvgIpc) is 2.52. The number of nitrogens with zero attached hydrogens (tertiary/aromatic N) is 3. The molecule has 2 aromatic rings. The molecule has 1 N–H and O–H groups in total. The molecular formula is C16H21BrN4. The van der Waals surface area contributed by atoms with Crippen LogP contribution in [-0.2, 0) is 0 Å². The molecule has 0 amide bonds. The highest BCUT2D eigenvalue weighted by molar-refractivity contribution is 9.10. The first kappa shape index (κ1) is 15.9. The molecule has 0 bridgehead atoms. The smallest absolute Gasteiger partial charge is 0.130 e. The Morgan fingerprint density at radius 3 is 2.48 bits per heavy atom. The van der Waals surface area contributed by atoms with Crippen molar-refractivity contribution in [2.45, 2.75) is 19.9 Å². The molecule has 0 aliphatic heterocycles. The van der Waals surface area contributed by atoms with Gasteiger partial charge in [0.25, 0.3) is 0 Å². The maximum absolute atomic E-state index is 4.25. The molecule has 4 nitrogen and oxygen atoms in total. The van der Waals surface area contributed by atoms with E-state index in [4.69, 9.17) is 0 Å². The van der Waals surface area contributed by atoms with Gasteiger partial charge in [-0.3, -0.25) is 4.90 Å². The lowest BCUT2D eigenvalue weighted by molar-refractivity contribution is 0.228. The fourth-order valence-corrected chi connectivity index (χ4v) is 2.74. The molecule has 5 heteroatoms. The summed E-state index contributed by atoms with van der Waals surface area (Å²) < 4.78 is 0.791. The lowest BCUT2D eigenvalue weighted by Crippen LogP contribution is -2.33. The van der Waals surface area contributed by atoms with E-state index in [9.17, 15) is 0 Å². The lowest BCUT2D eigenvalue weighted by atomic mass is 10.1. The van der Waals surface area contributed by atoms with Crippen molar-refractivity contribution in [2.75, 3.05) is 25.0 Å². The Kier molecular flexibility index (Phi) is 6.14. The van der Waals surface area contributed by atoms with E-state index in [1.807, 2.05) is 6.07 Å². The van der Waals surface area contributed by atoms with Gasteiger partial charge < -0.3 is 5.32 Å². The third-order valence-corrected chi connectivity index (χ3v) is 3.98. The SMILES string of the molecule is CCN(CC)C(CNc1cc(Br)ncn1)c1ccccc1. The molecule has 1 atom stereocenters. The van der Waals surface area contributed by atoms with E-state index in [2.05, 4.69) is 80.3 Å². The molecule has 0 saturated carbocycles. The third-order valence-electron chi connectivity index (χ3n) is 3.55. The maximum atomic E-state index is 4.25. The van der Waals surface area contributed by atoms with Crippen molar-refractivity contribution in [1.82, 2.24) is 14.9 Å². The Hall–Kier alpha value is -1.46. The standard InChI is InChI=1S/C16H21BrN4/c1-3-21(4-2)14(13-8-6-5-7-9-13)11-18-16-10-15(17)19-12-20-16/h5-10,12,14H,3-4,11H2,1-2H3,(H,18,19,20). The zero-order valence-electron chi connectivity index (χ0n) is 12.5. The predicted molar refractivity (Wildman–Crippen MR) is 90.3 cm³/mol. The summed E-state index contributed by atoms with van der Waals surface area (Å²) >= 11 is 3.37. The first-order chi connectivity index (χ1) is 10.2. The minimum atomic E-state index is 0.329. The zero-order chi connectivity index (χ0) is 15.1. The molecule has 0 fully saturated rings. The summed E-state index contributed by atoms with van der Waals surface area (Å²) in [5, 5.41) is 3.41. The second kappa shape index (κ2) is 8.10. The van der Waals surface area contributed by atoms with Gasteiger partial charge in [-0.1, -0.05) is 44.2 Å². The first-order valence-electron chi connectivity index (χ1n) is 7.25. The molecule has 1 aromatic heterocycles. The number of halogens is 1. The molecular weight excluding hydrogens is 328 g/mol. The van der Waals surface area contributed by atoms with Crippen LogP contribution in [0.3, 0.4) is 0 Å². The van der Waals surface area contributed by atoms with Crippen molar-refractivity contribution in [3.63, 3.8) is 0 Å². The van der Waals surface area contributed by atoms with Gasteiger partial charge in [0.05, 0.1) is 6.04 Å². The summed E-state index contributed by atoms with van der Waals surface area (Å²) in [4.78, 5) is 10.7. The normalized spacial score (nSPS) is 12.4. The Morgan fingerprint density at radius 1 is 1.14 bits per heavy atom. The minimum Gasteiger partial charge on any atom is -0.368 e. The fraction of sp³-hybridized carbons (Fsp3) is 0.375. The Bertz CT molecular complexity index is 543. The van der Waals surface area contributed by atoms with Gasteiger partial charge in [0.15, 0.2) is 0 Å². The number of hydrogen-bond donors (Lipinski definition) is 1. The van der Waals surface area contributed by atoms with Crippen LogP contribution in [0.15, 0.2) is 47.3 Å². The van der Waals surface area contributed by atoms with Gasteiger partial charge in [-0.05, 0) is 34.6 Å². The van der Waals surface area contributed by atoms with Crippen molar-refractivity contribution in [3.05, 3.63) is 52.9 Å². The molecule has 1 unspecified atom stereocenters. The van der Waals surface area contributed by atoms with E-state index >= 15 is 0 Å². The van der Waals surface area contributed by atoms with Crippen molar-refractivity contribution in [3.8, 4) is 0 Å². The van der Waals surface area contributed by atoms with Gasteiger partial charge in [-0.25, -0.2) is 9.97 Å². The summed E-state index contributed by atoms with van der Waals surface area (Å²) in [5.74, 6) is 0.838. The highest BCUT2D eigenvalue weighted by Gasteiger charge is 2.17. The Balaban J connectivity index is 2.13. The summed E-state index contributed by atoms with van der Waals surface area (Å²) in [6.45, 7) is 7.24. The highest BCUT2D eigenvalue weighted by atomic mass is 79.9. The molecule has 1 heterocycles. The number of anilines is 1. The van der Waals surface area contributed by atoms with Gasteiger partial charge in [0.2, 0.25) is 0 Å². The molecule has 21 heavy (non-hydrogen) atoms. The number of benzene rings is 1. The van der Waals surface area contributed by atoms with E-state index < -0.39 is 0 Å². The van der Waals surface area contributed by atoms with Crippen LogP contribution in [0, 0.1) is 0 Å². The number of likely N-dealkylation sites (N-methyl/N-ethyl adjacent to an activating group) is 1. The number of aromatic nitrogens is 2. The van der Waals surface area contributed by atoms with Crippen molar-refractivity contribution in [1.29, 1.82) is 0 Å². The van der Waals surface area contributed by atoms with E-state index in [0.717, 1.165) is 30.1 Å². The number of nitrogens with one attached hydrogen (secondary N) is 1. The fourth-order valence-electron chi connectivity index (χ4n) is 2.43. The number of hydrogen-bond acceptors (Lipinski definition) is 4. The van der Waals surface area contributed by atoms with Crippen LogP contribution >= 0.6 is 15.9 Å². The lowest BCUT2D eigenvalue weighted by Gasteiger charge is -2.30. The van der Waals surface area contributed by atoms with Crippen LogP contribution in [0.1, 0.15) is 25.5 Å². The van der Waals surface area contributed by atoms with Gasteiger partial charge in [0, 0.05) is 12.6 Å². The second-order valence-electron chi connectivity index (χ2n) is 4.75. The van der Waals surface area contributed by atoms with E-state index in [-0.39, 0.29) is 0 Å². The van der Waals surface area contributed by atoms with Gasteiger partial charge in [0.1, 0.15) is 16.7 Å². The molecule has 112 valence electrons. The Labute approximate surface area is 134 Å². The van der Waals surface area contributed by atoms with Crippen molar-refractivity contribution >= 4 is 21.7 Å². The Morgan fingerprint density at radius 2 is 1.86 bits per heavy atom. The summed E-state index contributed by atoms with van der Waals surface area (Å²) in [6, 6.07) is 12.8. The van der Waals surface area contributed by atoms with Crippen molar-refractivity contribution in [2.24, 2.45) is 0 Å². The summed E-state index contributed by atoms with van der Waals surface area (Å²) in [7, 11) is 0. The van der Waals surface area contributed by atoms with Crippen LogP contribution in [-0.4, -0.2) is 34.5 Å². The minimum absolute atomic E-state index is 0.329.